The summed E-state index contributed by atoms with van der Waals surface area (Å²) < 4.78 is 18.7. The molecule has 0 aliphatic heterocycles. The van der Waals surface area contributed by atoms with Gasteiger partial charge >= 0.3 is 0 Å². The molecular formula is C15H24FNO2. The molecule has 0 heterocycles. The molecule has 0 amide bonds. The summed E-state index contributed by atoms with van der Waals surface area (Å²) in [5, 5.41) is 9.77. The lowest BCUT2D eigenvalue weighted by atomic mass is 10.1. The molecule has 0 aliphatic rings. The maximum atomic E-state index is 13.6. The van der Waals surface area contributed by atoms with Crippen LogP contribution in [0.5, 0.6) is 0 Å². The summed E-state index contributed by atoms with van der Waals surface area (Å²) in [5.41, 5.74) is 0.670. The summed E-state index contributed by atoms with van der Waals surface area (Å²) in [6, 6.07) is 6.78. The van der Waals surface area contributed by atoms with Crippen LogP contribution < -0.4 is 0 Å². The van der Waals surface area contributed by atoms with Crippen molar-refractivity contribution in [2.24, 2.45) is 0 Å². The summed E-state index contributed by atoms with van der Waals surface area (Å²) in [6.45, 7) is 4.50. The van der Waals surface area contributed by atoms with Crippen molar-refractivity contribution >= 4 is 0 Å². The first kappa shape index (κ1) is 16.1. The first-order chi connectivity index (χ1) is 9.17. The molecule has 19 heavy (non-hydrogen) atoms. The van der Waals surface area contributed by atoms with Crippen molar-refractivity contribution < 1.29 is 14.2 Å². The summed E-state index contributed by atoms with van der Waals surface area (Å²) in [7, 11) is 1.67. The third kappa shape index (κ3) is 6.14. The van der Waals surface area contributed by atoms with Gasteiger partial charge in [0.15, 0.2) is 0 Å². The highest BCUT2D eigenvalue weighted by molar-refractivity contribution is 5.17. The predicted octanol–water partition coefficient (Wildman–Crippen LogP) is 2.44. The van der Waals surface area contributed by atoms with Crippen LogP contribution >= 0.6 is 0 Å². The van der Waals surface area contributed by atoms with Crippen LogP contribution in [-0.4, -0.2) is 42.9 Å². The van der Waals surface area contributed by atoms with Gasteiger partial charge in [-0.1, -0.05) is 25.1 Å². The zero-order valence-electron chi connectivity index (χ0n) is 11.8. The molecule has 0 aromatic heterocycles. The number of ether oxygens (including phenoxy) is 1. The molecule has 0 radical (unpaired) electrons. The lowest BCUT2D eigenvalue weighted by Crippen LogP contribution is -2.33. The number of benzene rings is 1. The highest BCUT2D eigenvalue weighted by Crippen LogP contribution is 2.11. The number of hydrogen-bond acceptors (Lipinski definition) is 3. The van der Waals surface area contributed by atoms with Crippen molar-refractivity contribution in [3.05, 3.63) is 35.6 Å². The van der Waals surface area contributed by atoms with Crippen molar-refractivity contribution in [3.63, 3.8) is 0 Å². The van der Waals surface area contributed by atoms with Crippen LogP contribution in [0.15, 0.2) is 24.3 Å². The molecule has 3 nitrogen and oxygen atoms in total. The fourth-order valence-corrected chi connectivity index (χ4v) is 1.96. The molecule has 0 aliphatic carbocycles. The second kappa shape index (κ2) is 9.02. The first-order valence-corrected chi connectivity index (χ1v) is 6.80. The van der Waals surface area contributed by atoms with Gasteiger partial charge in [-0.2, -0.15) is 0 Å². The molecule has 0 fully saturated rings. The number of hydrogen-bond donors (Lipinski definition) is 1. The van der Waals surface area contributed by atoms with Crippen molar-refractivity contribution in [1.29, 1.82) is 0 Å². The average Bonchev–Trinajstić information content (AvgIpc) is 2.41. The maximum absolute atomic E-state index is 13.6. The van der Waals surface area contributed by atoms with Gasteiger partial charge in [0, 0.05) is 38.9 Å². The smallest absolute Gasteiger partial charge is 0.127 e. The SMILES string of the molecule is CC[C@H](O)CN(CCCOC)Cc1ccccc1F. The van der Waals surface area contributed by atoms with Gasteiger partial charge in [-0.3, -0.25) is 4.90 Å². The van der Waals surface area contributed by atoms with Crippen LogP contribution in [0.2, 0.25) is 0 Å². The number of halogens is 1. The first-order valence-electron chi connectivity index (χ1n) is 6.80. The number of aliphatic hydroxyl groups is 1. The Labute approximate surface area is 115 Å². The molecule has 108 valence electrons. The Hall–Kier alpha value is -0.970. The van der Waals surface area contributed by atoms with Gasteiger partial charge in [0.05, 0.1) is 6.10 Å². The van der Waals surface area contributed by atoms with Crippen molar-refractivity contribution in [2.45, 2.75) is 32.4 Å². The fraction of sp³-hybridized carbons (Fsp3) is 0.600. The minimum Gasteiger partial charge on any atom is -0.392 e. The van der Waals surface area contributed by atoms with Crippen LogP contribution in [0.4, 0.5) is 4.39 Å². The standard InChI is InChI=1S/C15H24FNO2/c1-3-14(18)12-17(9-6-10-19-2)11-13-7-4-5-8-15(13)16/h4-5,7-8,14,18H,3,6,9-12H2,1-2H3/t14-/m0/s1. The van der Waals surface area contributed by atoms with E-state index in [1.54, 1.807) is 19.2 Å². The summed E-state index contributed by atoms with van der Waals surface area (Å²) in [6.07, 6.45) is 1.22. The van der Waals surface area contributed by atoms with E-state index in [9.17, 15) is 9.50 Å². The Morgan fingerprint density at radius 3 is 2.74 bits per heavy atom. The van der Waals surface area contributed by atoms with E-state index in [0.717, 1.165) is 13.0 Å². The molecule has 0 bridgehead atoms. The lowest BCUT2D eigenvalue weighted by Gasteiger charge is -2.24. The Balaban J connectivity index is 2.59. The van der Waals surface area contributed by atoms with Crippen LogP contribution in [0, 0.1) is 5.82 Å². The largest absolute Gasteiger partial charge is 0.392 e. The van der Waals surface area contributed by atoms with Gasteiger partial charge in [-0.25, -0.2) is 4.39 Å². The van der Waals surface area contributed by atoms with E-state index in [-0.39, 0.29) is 11.9 Å². The normalized spacial score (nSPS) is 12.9. The van der Waals surface area contributed by atoms with Crippen molar-refractivity contribution in [2.75, 3.05) is 26.8 Å². The summed E-state index contributed by atoms with van der Waals surface area (Å²) >= 11 is 0. The average molecular weight is 269 g/mol. The highest BCUT2D eigenvalue weighted by Gasteiger charge is 2.12. The number of aliphatic hydroxyl groups excluding tert-OH is 1. The van der Waals surface area contributed by atoms with E-state index in [4.69, 9.17) is 4.74 Å². The maximum Gasteiger partial charge on any atom is 0.127 e. The summed E-state index contributed by atoms with van der Waals surface area (Å²) in [5.74, 6) is -0.190. The number of methoxy groups -OCH3 is 1. The van der Waals surface area contributed by atoms with Crippen LogP contribution in [0.1, 0.15) is 25.3 Å². The Morgan fingerprint density at radius 2 is 2.11 bits per heavy atom. The number of rotatable bonds is 9. The predicted molar refractivity (Wildman–Crippen MR) is 74.5 cm³/mol. The second-order valence-corrected chi connectivity index (χ2v) is 4.73. The highest BCUT2D eigenvalue weighted by atomic mass is 19.1. The van der Waals surface area contributed by atoms with Gasteiger partial charge in [-0.15, -0.1) is 0 Å². The van der Waals surface area contributed by atoms with E-state index >= 15 is 0 Å². The molecule has 1 rings (SSSR count). The van der Waals surface area contributed by atoms with Gasteiger partial charge in [-0.05, 0) is 18.9 Å². The molecule has 1 aromatic rings. The molecule has 0 saturated heterocycles. The Kier molecular flexibility index (Phi) is 7.63. The minimum absolute atomic E-state index is 0.190. The van der Waals surface area contributed by atoms with Crippen molar-refractivity contribution in [3.8, 4) is 0 Å². The molecule has 0 spiro atoms. The van der Waals surface area contributed by atoms with Gasteiger partial charge in [0.1, 0.15) is 5.82 Å². The van der Waals surface area contributed by atoms with Crippen LogP contribution in [-0.2, 0) is 11.3 Å². The molecule has 4 heteroatoms. The van der Waals surface area contributed by atoms with E-state index in [2.05, 4.69) is 4.90 Å². The third-order valence-electron chi connectivity index (χ3n) is 3.11. The quantitative estimate of drug-likeness (QED) is 0.699. The molecule has 0 saturated carbocycles. The topological polar surface area (TPSA) is 32.7 Å². The summed E-state index contributed by atoms with van der Waals surface area (Å²) in [4.78, 5) is 2.08. The van der Waals surface area contributed by atoms with Gasteiger partial charge in [0.25, 0.3) is 0 Å². The van der Waals surface area contributed by atoms with Crippen molar-refractivity contribution in [1.82, 2.24) is 4.90 Å². The van der Waals surface area contributed by atoms with Gasteiger partial charge in [0.2, 0.25) is 0 Å². The minimum atomic E-state index is -0.366. The lowest BCUT2D eigenvalue weighted by molar-refractivity contribution is 0.0962. The van der Waals surface area contributed by atoms with E-state index in [1.807, 2.05) is 13.0 Å². The molecule has 1 aromatic carbocycles. The fourth-order valence-electron chi connectivity index (χ4n) is 1.96. The number of nitrogens with zero attached hydrogens (tertiary/aromatic N) is 1. The monoisotopic (exact) mass is 269 g/mol. The molecule has 0 unspecified atom stereocenters. The Bertz CT molecular complexity index is 360. The van der Waals surface area contributed by atoms with E-state index < -0.39 is 0 Å². The third-order valence-corrected chi connectivity index (χ3v) is 3.11. The molecule has 1 atom stereocenters. The molecular weight excluding hydrogens is 245 g/mol. The van der Waals surface area contributed by atoms with Crippen LogP contribution in [0.3, 0.4) is 0 Å². The second-order valence-electron chi connectivity index (χ2n) is 4.73. The van der Waals surface area contributed by atoms with E-state index in [0.29, 0.717) is 31.7 Å². The molecule has 1 N–H and O–H groups in total. The van der Waals surface area contributed by atoms with E-state index in [1.165, 1.54) is 6.07 Å². The zero-order chi connectivity index (χ0) is 14.1. The van der Waals surface area contributed by atoms with Crippen LogP contribution in [0.25, 0.3) is 0 Å². The zero-order valence-corrected chi connectivity index (χ0v) is 11.8. The Morgan fingerprint density at radius 1 is 1.37 bits per heavy atom. The van der Waals surface area contributed by atoms with Gasteiger partial charge < -0.3 is 9.84 Å².